The van der Waals surface area contributed by atoms with Crippen molar-refractivity contribution >= 4 is 5.78 Å². The summed E-state index contributed by atoms with van der Waals surface area (Å²) in [5.41, 5.74) is 7.31. The Hall–Kier alpha value is -1.39. The zero-order chi connectivity index (χ0) is 13.7. The minimum absolute atomic E-state index is 0.0493. The summed E-state index contributed by atoms with van der Waals surface area (Å²) in [6.45, 7) is 1.95. The first-order valence-electron chi connectivity index (χ1n) is 6.75. The van der Waals surface area contributed by atoms with Crippen molar-refractivity contribution in [3.8, 4) is 5.75 Å². The number of Topliss-reactive ketones (excluding diaryl/α,β-unsaturated/α-hetero) is 1. The molecule has 1 fully saturated rings. The van der Waals surface area contributed by atoms with E-state index in [0.717, 1.165) is 26.1 Å². The van der Waals surface area contributed by atoms with Gasteiger partial charge in [-0.2, -0.15) is 0 Å². The zero-order valence-corrected chi connectivity index (χ0v) is 11.4. The van der Waals surface area contributed by atoms with E-state index >= 15 is 0 Å². The maximum atomic E-state index is 12.1. The number of rotatable bonds is 5. The molecule has 0 unspecified atom stereocenters. The third-order valence-electron chi connectivity index (χ3n) is 3.59. The second-order valence-corrected chi connectivity index (χ2v) is 4.81. The highest BCUT2D eigenvalue weighted by atomic mass is 16.5. The number of methoxy groups -OCH3 is 1. The summed E-state index contributed by atoms with van der Waals surface area (Å²) in [4.78, 5) is 12.1. The number of hydrogen-bond acceptors (Lipinski definition) is 4. The zero-order valence-electron chi connectivity index (χ0n) is 11.4. The molecule has 1 aromatic carbocycles. The fourth-order valence-corrected chi connectivity index (χ4v) is 2.49. The van der Waals surface area contributed by atoms with Gasteiger partial charge in [-0.05, 0) is 43.0 Å². The van der Waals surface area contributed by atoms with Crippen molar-refractivity contribution in [1.82, 2.24) is 0 Å². The summed E-state index contributed by atoms with van der Waals surface area (Å²) in [5, 5.41) is 0. The lowest BCUT2D eigenvalue weighted by Gasteiger charge is -2.23. The lowest BCUT2D eigenvalue weighted by atomic mass is 9.89. The molecule has 1 aliphatic heterocycles. The lowest BCUT2D eigenvalue weighted by molar-refractivity contribution is 0.0853. The van der Waals surface area contributed by atoms with Gasteiger partial charge >= 0.3 is 0 Å². The van der Waals surface area contributed by atoms with Gasteiger partial charge in [0.1, 0.15) is 5.75 Å². The van der Waals surface area contributed by atoms with Gasteiger partial charge in [0, 0.05) is 19.6 Å². The largest absolute Gasteiger partial charge is 0.496 e. The van der Waals surface area contributed by atoms with Crippen molar-refractivity contribution in [2.75, 3.05) is 26.9 Å². The second kappa shape index (κ2) is 6.68. The van der Waals surface area contributed by atoms with Crippen molar-refractivity contribution in [3.63, 3.8) is 0 Å². The molecule has 4 heteroatoms. The molecule has 2 rings (SSSR count). The van der Waals surface area contributed by atoms with Crippen LogP contribution >= 0.6 is 0 Å². The van der Waals surface area contributed by atoms with Crippen LogP contribution in [0.15, 0.2) is 18.2 Å². The van der Waals surface area contributed by atoms with Gasteiger partial charge in [0.2, 0.25) is 0 Å². The summed E-state index contributed by atoms with van der Waals surface area (Å²) in [7, 11) is 1.59. The van der Waals surface area contributed by atoms with Gasteiger partial charge in [0.05, 0.1) is 12.7 Å². The quantitative estimate of drug-likeness (QED) is 0.827. The molecule has 104 valence electrons. The molecule has 4 nitrogen and oxygen atoms in total. The lowest BCUT2D eigenvalue weighted by Crippen LogP contribution is -2.15. The van der Waals surface area contributed by atoms with E-state index in [9.17, 15) is 4.79 Å². The Labute approximate surface area is 113 Å². The van der Waals surface area contributed by atoms with Crippen LogP contribution < -0.4 is 10.5 Å². The van der Waals surface area contributed by atoms with Crippen molar-refractivity contribution in [2.45, 2.75) is 25.2 Å². The fourth-order valence-electron chi connectivity index (χ4n) is 2.49. The van der Waals surface area contributed by atoms with Crippen molar-refractivity contribution < 1.29 is 14.3 Å². The molecule has 0 atom stereocenters. The molecule has 1 saturated heterocycles. The first kappa shape index (κ1) is 14.0. The van der Waals surface area contributed by atoms with E-state index in [1.165, 1.54) is 5.56 Å². The number of ether oxygens (including phenoxy) is 2. The number of nitrogens with two attached hydrogens (primary N) is 1. The molecule has 1 aromatic rings. The van der Waals surface area contributed by atoms with Crippen LogP contribution in [0.25, 0.3) is 0 Å². The summed E-state index contributed by atoms with van der Waals surface area (Å²) in [6.07, 6.45) is 2.38. The summed E-state index contributed by atoms with van der Waals surface area (Å²) >= 11 is 0. The smallest absolute Gasteiger partial charge is 0.167 e. The predicted octanol–water partition coefficient (Wildman–Crippen LogP) is 2.12. The van der Waals surface area contributed by atoms with Crippen LogP contribution in [0.2, 0.25) is 0 Å². The Morgan fingerprint density at radius 1 is 1.42 bits per heavy atom. The van der Waals surface area contributed by atoms with Crippen molar-refractivity contribution in [2.24, 2.45) is 5.73 Å². The van der Waals surface area contributed by atoms with Crippen LogP contribution in [0.3, 0.4) is 0 Å². The maximum Gasteiger partial charge on any atom is 0.167 e. The standard InChI is InChI=1S/C15H21NO3/c1-18-15-3-2-12(11-5-8-19-9-6-11)10-13(15)14(17)4-7-16/h2-3,10-11H,4-9,16H2,1H3. The van der Waals surface area contributed by atoms with E-state index in [1.54, 1.807) is 7.11 Å². The first-order chi connectivity index (χ1) is 9.26. The molecule has 19 heavy (non-hydrogen) atoms. The van der Waals surface area contributed by atoms with Crippen LogP contribution in [-0.2, 0) is 4.74 Å². The molecule has 0 spiro atoms. The highest BCUT2D eigenvalue weighted by Gasteiger charge is 2.19. The Balaban J connectivity index is 2.26. The Kier molecular flexibility index (Phi) is 4.93. The van der Waals surface area contributed by atoms with E-state index in [1.807, 2.05) is 18.2 Å². The highest BCUT2D eigenvalue weighted by Crippen LogP contribution is 2.31. The average Bonchev–Trinajstić information content (AvgIpc) is 2.47. The number of carbonyl (C=O) groups is 1. The van der Waals surface area contributed by atoms with Gasteiger partial charge in [0.25, 0.3) is 0 Å². The van der Waals surface area contributed by atoms with E-state index in [2.05, 4.69) is 0 Å². The van der Waals surface area contributed by atoms with Gasteiger partial charge in [-0.3, -0.25) is 4.79 Å². The monoisotopic (exact) mass is 263 g/mol. The van der Waals surface area contributed by atoms with Crippen LogP contribution in [0, 0.1) is 0 Å². The third kappa shape index (κ3) is 3.33. The van der Waals surface area contributed by atoms with E-state index in [4.69, 9.17) is 15.2 Å². The summed E-state index contributed by atoms with van der Waals surface area (Å²) < 4.78 is 10.6. The molecular weight excluding hydrogens is 242 g/mol. The topological polar surface area (TPSA) is 61.5 Å². The Morgan fingerprint density at radius 2 is 2.16 bits per heavy atom. The molecule has 0 amide bonds. The van der Waals surface area contributed by atoms with Crippen LogP contribution in [-0.4, -0.2) is 32.7 Å². The predicted molar refractivity (Wildman–Crippen MR) is 73.8 cm³/mol. The maximum absolute atomic E-state index is 12.1. The summed E-state index contributed by atoms with van der Waals surface area (Å²) in [5.74, 6) is 1.16. The molecule has 0 radical (unpaired) electrons. The molecular formula is C15H21NO3. The molecule has 0 bridgehead atoms. The fraction of sp³-hybridized carbons (Fsp3) is 0.533. The van der Waals surface area contributed by atoms with Gasteiger partial charge in [-0.25, -0.2) is 0 Å². The minimum Gasteiger partial charge on any atom is -0.496 e. The van der Waals surface area contributed by atoms with Crippen molar-refractivity contribution in [1.29, 1.82) is 0 Å². The average molecular weight is 263 g/mol. The Morgan fingerprint density at radius 3 is 2.79 bits per heavy atom. The van der Waals surface area contributed by atoms with Crippen LogP contribution in [0.5, 0.6) is 5.75 Å². The number of carbonyl (C=O) groups excluding carboxylic acids is 1. The molecule has 1 aliphatic rings. The van der Waals surface area contributed by atoms with Gasteiger partial charge in [-0.15, -0.1) is 0 Å². The molecule has 0 aliphatic carbocycles. The minimum atomic E-state index is 0.0493. The number of ketones is 1. The molecule has 0 saturated carbocycles. The van der Waals surface area contributed by atoms with E-state index in [0.29, 0.717) is 30.2 Å². The first-order valence-corrected chi connectivity index (χ1v) is 6.75. The van der Waals surface area contributed by atoms with E-state index in [-0.39, 0.29) is 5.78 Å². The normalized spacial score (nSPS) is 16.3. The van der Waals surface area contributed by atoms with E-state index < -0.39 is 0 Å². The summed E-state index contributed by atoms with van der Waals surface area (Å²) in [6, 6.07) is 5.90. The van der Waals surface area contributed by atoms with Gasteiger partial charge < -0.3 is 15.2 Å². The second-order valence-electron chi connectivity index (χ2n) is 4.81. The number of hydrogen-bond donors (Lipinski definition) is 1. The van der Waals surface area contributed by atoms with Gasteiger partial charge in [-0.1, -0.05) is 6.07 Å². The molecule has 0 aromatic heterocycles. The van der Waals surface area contributed by atoms with Crippen LogP contribution in [0.4, 0.5) is 0 Å². The highest BCUT2D eigenvalue weighted by molar-refractivity contribution is 5.99. The third-order valence-corrected chi connectivity index (χ3v) is 3.59. The van der Waals surface area contributed by atoms with Gasteiger partial charge in [0.15, 0.2) is 5.78 Å². The molecule has 1 heterocycles. The SMILES string of the molecule is COc1ccc(C2CCOCC2)cc1C(=O)CCN. The Bertz CT molecular complexity index is 439. The van der Waals surface area contributed by atoms with Crippen molar-refractivity contribution in [3.05, 3.63) is 29.3 Å². The van der Waals surface area contributed by atoms with Crippen LogP contribution in [0.1, 0.15) is 41.1 Å². The number of benzene rings is 1. The molecule has 2 N–H and O–H groups in total.